The molecule has 25 heavy (non-hydrogen) atoms. The van der Waals surface area contributed by atoms with Crippen LogP contribution in [0.5, 0.6) is 0 Å². The van der Waals surface area contributed by atoms with E-state index in [1.54, 1.807) is 19.1 Å². The van der Waals surface area contributed by atoms with E-state index in [9.17, 15) is 14.4 Å². The van der Waals surface area contributed by atoms with Crippen LogP contribution in [0, 0.1) is 0 Å². The quantitative estimate of drug-likeness (QED) is 0.828. The van der Waals surface area contributed by atoms with Crippen LogP contribution in [0.1, 0.15) is 30.1 Å². The minimum Gasteiger partial charge on any atom is -0.329 e. The molecule has 0 radical (unpaired) electrons. The number of nitrogens with one attached hydrogen (secondary N) is 1. The molecule has 1 saturated heterocycles. The van der Waals surface area contributed by atoms with Gasteiger partial charge in [-0.05, 0) is 42.7 Å². The maximum absolute atomic E-state index is 12.5. The predicted molar refractivity (Wildman–Crippen MR) is 94.8 cm³/mol. The second-order valence-electron chi connectivity index (χ2n) is 6.36. The van der Waals surface area contributed by atoms with E-state index >= 15 is 0 Å². The third-order valence-electron chi connectivity index (χ3n) is 4.48. The van der Waals surface area contributed by atoms with E-state index in [0.29, 0.717) is 18.5 Å². The lowest BCUT2D eigenvalue weighted by molar-refractivity contribution is -0.138. The van der Waals surface area contributed by atoms with Crippen molar-refractivity contribution in [2.24, 2.45) is 5.73 Å². The Balaban J connectivity index is 1.73. The molecule has 1 heterocycles. The van der Waals surface area contributed by atoms with Crippen LogP contribution in [0.4, 0.5) is 0 Å². The van der Waals surface area contributed by atoms with Crippen molar-refractivity contribution in [1.29, 1.82) is 0 Å². The number of hydrogen-bond acceptors (Lipinski definition) is 4. The lowest BCUT2D eigenvalue weighted by Gasteiger charge is -2.25. The van der Waals surface area contributed by atoms with Gasteiger partial charge in [-0.3, -0.25) is 19.7 Å². The standard InChI is InChI=1S/C19H21N3O3/c1-12(20)19(25)22-10-4-7-16(22)18(24)21-17(23)15-9-8-13-5-2-3-6-14(13)11-15/h2-3,5-6,8-9,11-12,16H,4,7,10,20H2,1H3,(H,21,23,24)/t12-,16-/m0/s1. The van der Waals surface area contributed by atoms with Gasteiger partial charge in [0.2, 0.25) is 11.8 Å². The number of nitrogens with two attached hydrogens (primary N) is 1. The molecule has 1 fully saturated rings. The number of imide groups is 1. The molecule has 0 saturated carbocycles. The molecule has 3 amide bonds. The van der Waals surface area contributed by atoms with Crippen molar-refractivity contribution in [2.45, 2.75) is 31.8 Å². The summed E-state index contributed by atoms with van der Waals surface area (Å²) in [4.78, 5) is 38.4. The summed E-state index contributed by atoms with van der Waals surface area (Å²) in [5, 5.41) is 4.37. The fourth-order valence-corrected chi connectivity index (χ4v) is 3.16. The maximum atomic E-state index is 12.5. The van der Waals surface area contributed by atoms with Gasteiger partial charge in [0.05, 0.1) is 6.04 Å². The first-order valence-corrected chi connectivity index (χ1v) is 8.37. The van der Waals surface area contributed by atoms with Gasteiger partial charge in [0, 0.05) is 12.1 Å². The van der Waals surface area contributed by atoms with Crippen LogP contribution < -0.4 is 11.1 Å². The Labute approximate surface area is 146 Å². The second-order valence-corrected chi connectivity index (χ2v) is 6.36. The number of fused-ring (bicyclic) bond motifs is 1. The fraction of sp³-hybridized carbons (Fsp3) is 0.316. The highest BCUT2D eigenvalue weighted by molar-refractivity contribution is 6.08. The molecule has 2 atom stereocenters. The molecule has 0 bridgehead atoms. The van der Waals surface area contributed by atoms with E-state index in [1.165, 1.54) is 4.90 Å². The van der Waals surface area contributed by atoms with Gasteiger partial charge in [-0.1, -0.05) is 30.3 Å². The number of hydrogen-bond donors (Lipinski definition) is 2. The summed E-state index contributed by atoms with van der Waals surface area (Å²) < 4.78 is 0. The molecule has 6 nitrogen and oxygen atoms in total. The van der Waals surface area contributed by atoms with Gasteiger partial charge in [0.25, 0.3) is 5.91 Å². The Morgan fingerprint density at radius 1 is 1.16 bits per heavy atom. The van der Waals surface area contributed by atoms with E-state index in [1.807, 2.05) is 30.3 Å². The van der Waals surface area contributed by atoms with Crippen LogP contribution in [0.25, 0.3) is 10.8 Å². The van der Waals surface area contributed by atoms with E-state index in [0.717, 1.165) is 17.2 Å². The third-order valence-corrected chi connectivity index (χ3v) is 4.48. The van der Waals surface area contributed by atoms with Gasteiger partial charge in [0.15, 0.2) is 0 Å². The minimum atomic E-state index is -0.662. The Morgan fingerprint density at radius 3 is 2.60 bits per heavy atom. The zero-order chi connectivity index (χ0) is 18.0. The SMILES string of the molecule is C[C@H](N)C(=O)N1CCC[C@H]1C(=O)NC(=O)c1ccc2ccccc2c1. The summed E-state index contributed by atoms with van der Waals surface area (Å²) in [6.45, 7) is 2.08. The van der Waals surface area contributed by atoms with Crippen molar-refractivity contribution in [3.63, 3.8) is 0 Å². The molecule has 0 aromatic heterocycles. The van der Waals surface area contributed by atoms with Gasteiger partial charge >= 0.3 is 0 Å². The zero-order valence-electron chi connectivity index (χ0n) is 14.1. The lowest BCUT2D eigenvalue weighted by atomic mass is 10.1. The molecule has 0 unspecified atom stereocenters. The van der Waals surface area contributed by atoms with Crippen LogP contribution in [-0.4, -0.2) is 41.2 Å². The number of nitrogens with zero attached hydrogens (tertiary/aromatic N) is 1. The van der Waals surface area contributed by atoms with Crippen LogP contribution in [-0.2, 0) is 9.59 Å². The Bertz CT molecular complexity index is 832. The first-order valence-electron chi connectivity index (χ1n) is 8.37. The molecular formula is C19H21N3O3. The molecule has 3 N–H and O–H groups in total. The van der Waals surface area contributed by atoms with Gasteiger partial charge < -0.3 is 10.6 Å². The summed E-state index contributed by atoms with van der Waals surface area (Å²) in [6, 6.07) is 11.7. The van der Waals surface area contributed by atoms with Crippen LogP contribution in [0.3, 0.4) is 0 Å². The molecule has 130 valence electrons. The molecule has 0 spiro atoms. The average molecular weight is 339 g/mol. The normalized spacial score (nSPS) is 18.2. The summed E-state index contributed by atoms with van der Waals surface area (Å²) in [5.41, 5.74) is 6.05. The number of rotatable bonds is 3. The first kappa shape index (κ1) is 17.1. The van der Waals surface area contributed by atoms with Gasteiger partial charge in [-0.15, -0.1) is 0 Å². The monoisotopic (exact) mass is 339 g/mol. The van der Waals surface area contributed by atoms with Crippen molar-refractivity contribution in [1.82, 2.24) is 10.2 Å². The van der Waals surface area contributed by atoms with Crippen molar-refractivity contribution in [2.75, 3.05) is 6.54 Å². The number of benzene rings is 2. The minimum absolute atomic E-state index is 0.268. The maximum Gasteiger partial charge on any atom is 0.257 e. The van der Waals surface area contributed by atoms with Crippen LogP contribution in [0.15, 0.2) is 42.5 Å². The highest BCUT2D eigenvalue weighted by atomic mass is 16.2. The van der Waals surface area contributed by atoms with Gasteiger partial charge in [0.1, 0.15) is 6.04 Å². The largest absolute Gasteiger partial charge is 0.329 e. The lowest BCUT2D eigenvalue weighted by Crippen LogP contribution is -2.51. The number of carbonyl (C=O) groups is 3. The third kappa shape index (κ3) is 3.53. The van der Waals surface area contributed by atoms with Crippen molar-refractivity contribution >= 4 is 28.5 Å². The molecule has 2 aromatic carbocycles. The Morgan fingerprint density at radius 2 is 1.88 bits per heavy atom. The van der Waals surface area contributed by atoms with E-state index in [-0.39, 0.29) is 5.91 Å². The van der Waals surface area contributed by atoms with Crippen LogP contribution >= 0.6 is 0 Å². The molecule has 0 aliphatic carbocycles. The van der Waals surface area contributed by atoms with E-state index in [2.05, 4.69) is 5.32 Å². The molecule has 1 aliphatic heterocycles. The number of carbonyl (C=O) groups excluding carboxylic acids is 3. The average Bonchev–Trinajstić information content (AvgIpc) is 3.10. The topological polar surface area (TPSA) is 92.5 Å². The molecule has 1 aliphatic rings. The summed E-state index contributed by atoms with van der Waals surface area (Å²) in [5.74, 6) is -1.18. The van der Waals surface area contributed by atoms with Gasteiger partial charge in [-0.25, -0.2) is 0 Å². The fourth-order valence-electron chi connectivity index (χ4n) is 3.16. The van der Waals surface area contributed by atoms with Crippen molar-refractivity contribution < 1.29 is 14.4 Å². The highest BCUT2D eigenvalue weighted by Crippen LogP contribution is 2.19. The van der Waals surface area contributed by atoms with Crippen molar-refractivity contribution in [3.8, 4) is 0 Å². The first-order chi connectivity index (χ1) is 12.0. The number of likely N-dealkylation sites (tertiary alicyclic amines) is 1. The smallest absolute Gasteiger partial charge is 0.257 e. The molecule has 2 aromatic rings. The molecular weight excluding hydrogens is 318 g/mol. The van der Waals surface area contributed by atoms with Gasteiger partial charge in [-0.2, -0.15) is 0 Å². The summed E-state index contributed by atoms with van der Waals surface area (Å²) in [7, 11) is 0. The second kappa shape index (κ2) is 7.03. The highest BCUT2D eigenvalue weighted by Gasteiger charge is 2.35. The molecule has 3 rings (SSSR count). The zero-order valence-corrected chi connectivity index (χ0v) is 14.1. The molecule has 6 heteroatoms. The summed E-state index contributed by atoms with van der Waals surface area (Å²) in [6.07, 6.45) is 1.26. The number of amides is 3. The Kier molecular flexibility index (Phi) is 4.81. The van der Waals surface area contributed by atoms with Crippen LogP contribution in [0.2, 0.25) is 0 Å². The van der Waals surface area contributed by atoms with Crippen molar-refractivity contribution in [3.05, 3.63) is 48.0 Å². The predicted octanol–water partition coefficient (Wildman–Crippen LogP) is 1.43. The van der Waals surface area contributed by atoms with E-state index < -0.39 is 23.9 Å². The van der Waals surface area contributed by atoms with E-state index in [4.69, 9.17) is 5.73 Å². The summed E-state index contributed by atoms with van der Waals surface area (Å²) >= 11 is 0. The Hall–Kier alpha value is -2.73.